The molecule has 2 aromatic carbocycles. The number of hydrogen-bond acceptors (Lipinski definition) is 4. The fraction of sp³-hybridized carbons (Fsp3) is 0.0526. The Hall–Kier alpha value is -3.46. The number of amides is 2. The molecule has 2 amide bonds. The number of rotatable bonds is 5. The van der Waals surface area contributed by atoms with Crippen molar-refractivity contribution >= 4 is 29.0 Å². The molecule has 3 N–H and O–H groups in total. The van der Waals surface area contributed by atoms with Gasteiger partial charge in [0.15, 0.2) is 0 Å². The summed E-state index contributed by atoms with van der Waals surface area (Å²) < 4.78 is 44.8. The van der Waals surface area contributed by atoms with Gasteiger partial charge in [-0.3, -0.25) is 15.8 Å². The fourth-order valence-electron chi connectivity index (χ4n) is 2.29. The first-order chi connectivity index (χ1) is 13.8. The number of ether oxygens (including phenoxy) is 1. The van der Waals surface area contributed by atoms with Crippen LogP contribution < -0.4 is 20.9 Å². The van der Waals surface area contributed by atoms with Gasteiger partial charge in [0.1, 0.15) is 11.5 Å². The van der Waals surface area contributed by atoms with Crippen LogP contribution in [-0.4, -0.2) is 11.0 Å². The van der Waals surface area contributed by atoms with Crippen LogP contribution in [0.2, 0.25) is 5.02 Å². The van der Waals surface area contributed by atoms with E-state index in [-0.39, 0.29) is 5.02 Å². The molecule has 0 saturated carbocycles. The van der Waals surface area contributed by atoms with Crippen LogP contribution in [0, 0.1) is 0 Å². The van der Waals surface area contributed by atoms with Crippen molar-refractivity contribution in [3.63, 3.8) is 0 Å². The molecule has 0 saturated heterocycles. The van der Waals surface area contributed by atoms with Gasteiger partial charge in [0.25, 0.3) is 0 Å². The number of carbonyl (C=O) groups excluding carboxylic acids is 1. The third-order valence-corrected chi connectivity index (χ3v) is 3.83. The Morgan fingerprint density at radius 3 is 2.28 bits per heavy atom. The molecule has 0 aliphatic rings. The Labute approximate surface area is 168 Å². The summed E-state index contributed by atoms with van der Waals surface area (Å²) in [5.74, 6) is 1.17. The van der Waals surface area contributed by atoms with E-state index in [0.29, 0.717) is 17.2 Å². The number of anilines is 2. The zero-order valence-corrected chi connectivity index (χ0v) is 15.4. The van der Waals surface area contributed by atoms with Crippen LogP contribution in [0.1, 0.15) is 5.56 Å². The minimum atomic E-state index is -4.66. The number of hydrazine groups is 1. The van der Waals surface area contributed by atoms with Crippen molar-refractivity contribution in [1.82, 2.24) is 10.4 Å². The number of hydrogen-bond donors (Lipinski definition) is 3. The van der Waals surface area contributed by atoms with E-state index in [1.54, 1.807) is 48.8 Å². The molecule has 6 nitrogen and oxygen atoms in total. The number of urea groups is 1. The lowest BCUT2D eigenvalue weighted by Crippen LogP contribution is -2.34. The lowest BCUT2D eigenvalue weighted by atomic mass is 10.1. The van der Waals surface area contributed by atoms with Crippen LogP contribution in [0.3, 0.4) is 0 Å². The topological polar surface area (TPSA) is 75.3 Å². The van der Waals surface area contributed by atoms with E-state index in [4.69, 9.17) is 16.3 Å². The first-order valence-electron chi connectivity index (χ1n) is 8.19. The first kappa shape index (κ1) is 20.3. The van der Waals surface area contributed by atoms with Crippen LogP contribution in [0.5, 0.6) is 11.5 Å². The third-order valence-electron chi connectivity index (χ3n) is 3.60. The highest BCUT2D eigenvalue weighted by Crippen LogP contribution is 2.36. The summed E-state index contributed by atoms with van der Waals surface area (Å²) in [6.45, 7) is 0. The largest absolute Gasteiger partial charge is 0.457 e. The quantitative estimate of drug-likeness (QED) is 0.461. The molecule has 150 valence electrons. The van der Waals surface area contributed by atoms with Gasteiger partial charge in [-0.25, -0.2) is 4.79 Å². The highest BCUT2D eigenvalue weighted by molar-refractivity contribution is 6.30. The predicted octanol–water partition coefficient (Wildman–Crippen LogP) is 5.69. The molecular formula is C19H14ClF3N4O2. The number of nitrogens with zero attached hydrogens (tertiary/aromatic N) is 1. The van der Waals surface area contributed by atoms with Crippen molar-refractivity contribution in [2.75, 3.05) is 10.7 Å². The normalized spacial score (nSPS) is 10.9. The van der Waals surface area contributed by atoms with Crippen molar-refractivity contribution in [2.24, 2.45) is 0 Å². The number of pyridine rings is 1. The van der Waals surface area contributed by atoms with Crippen molar-refractivity contribution in [3.05, 3.63) is 77.6 Å². The smallest absolute Gasteiger partial charge is 0.418 e. The summed E-state index contributed by atoms with van der Waals surface area (Å²) in [6, 6.07) is 12.2. The summed E-state index contributed by atoms with van der Waals surface area (Å²) in [5.41, 5.74) is 3.89. The molecule has 0 unspecified atom stereocenters. The molecule has 0 radical (unpaired) electrons. The Morgan fingerprint density at radius 1 is 0.966 bits per heavy atom. The van der Waals surface area contributed by atoms with Gasteiger partial charge in [0.2, 0.25) is 0 Å². The van der Waals surface area contributed by atoms with Crippen molar-refractivity contribution < 1.29 is 22.7 Å². The minimum Gasteiger partial charge on any atom is -0.457 e. The van der Waals surface area contributed by atoms with Gasteiger partial charge in [-0.2, -0.15) is 13.2 Å². The number of benzene rings is 2. The molecule has 10 heteroatoms. The molecule has 0 aliphatic carbocycles. The molecule has 0 spiro atoms. The highest BCUT2D eigenvalue weighted by Gasteiger charge is 2.34. The zero-order chi connectivity index (χ0) is 20.9. The maximum Gasteiger partial charge on any atom is 0.418 e. The van der Waals surface area contributed by atoms with Gasteiger partial charge in [-0.05, 0) is 54.6 Å². The molecule has 1 heterocycles. The van der Waals surface area contributed by atoms with Crippen LogP contribution >= 0.6 is 11.6 Å². The van der Waals surface area contributed by atoms with Crippen LogP contribution in [0.25, 0.3) is 0 Å². The summed E-state index contributed by atoms with van der Waals surface area (Å²) >= 11 is 5.61. The number of alkyl halides is 3. The van der Waals surface area contributed by atoms with E-state index in [2.05, 4.69) is 21.2 Å². The lowest BCUT2D eigenvalue weighted by molar-refractivity contribution is -0.136. The second-order valence-corrected chi connectivity index (χ2v) is 6.14. The summed E-state index contributed by atoms with van der Waals surface area (Å²) in [7, 11) is 0. The van der Waals surface area contributed by atoms with Gasteiger partial charge >= 0.3 is 12.2 Å². The first-order valence-corrected chi connectivity index (χ1v) is 8.57. The van der Waals surface area contributed by atoms with E-state index < -0.39 is 23.5 Å². The molecular weight excluding hydrogens is 409 g/mol. The van der Waals surface area contributed by atoms with E-state index in [9.17, 15) is 18.0 Å². The van der Waals surface area contributed by atoms with Crippen LogP contribution in [0.4, 0.5) is 29.3 Å². The maximum atomic E-state index is 13.1. The van der Waals surface area contributed by atoms with E-state index in [1.165, 1.54) is 6.07 Å². The molecule has 0 atom stereocenters. The van der Waals surface area contributed by atoms with Crippen molar-refractivity contribution in [1.29, 1.82) is 0 Å². The Bertz CT molecular complexity index is 983. The van der Waals surface area contributed by atoms with Gasteiger partial charge in [-0.1, -0.05) is 11.6 Å². The molecule has 1 aromatic heterocycles. The highest BCUT2D eigenvalue weighted by atomic mass is 35.5. The molecule has 0 bridgehead atoms. The Kier molecular flexibility index (Phi) is 6.08. The zero-order valence-electron chi connectivity index (χ0n) is 14.6. The minimum absolute atomic E-state index is 0.0875. The Balaban J connectivity index is 1.57. The van der Waals surface area contributed by atoms with E-state index >= 15 is 0 Å². The number of halogens is 4. The predicted molar refractivity (Wildman–Crippen MR) is 103 cm³/mol. The second kappa shape index (κ2) is 8.70. The van der Waals surface area contributed by atoms with Gasteiger partial charge in [0, 0.05) is 17.4 Å². The van der Waals surface area contributed by atoms with Crippen LogP contribution in [-0.2, 0) is 6.18 Å². The molecule has 0 aliphatic heterocycles. The summed E-state index contributed by atoms with van der Waals surface area (Å²) in [5, 5.41) is 2.05. The van der Waals surface area contributed by atoms with Gasteiger partial charge in [-0.15, -0.1) is 0 Å². The fourth-order valence-corrected chi connectivity index (χ4v) is 2.46. The summed E-state index contributed by atoms with van der Waals surface area (Å²) in [6.07, 6.45) is -1.47. The van der Waals surface area contributed by atoms with Crippen molar-refractivity contribution in [2.45, 2.75) is 6.18 Å². The average molecular weight is 423 g/mol. The maximum absolute atomic E-state index is 13.1. The summed E-state index contributed by atoms with van der Waals surface area (Å²) in [4.78, 5) is 15.8. The second-order valence-electron chi connectivity index (χ2n) is 5.70. The van der Waals surface area contributed by atoms with E-state index in [1.807, 2.05) is 0 Å². The van der Waals surface area contributed by atoms with E-state index in [0.717, 1.165) is 12.1 Å². The number of aromatic nitrogens is 1. The Morgan fingerprint density at radius 2 is 1.62 bits per heavy atom. The molecule has 0 fully saturated rings. The molecule has 3 aromatic rings. The average Bonchev–Trinajstić information content (AvgIpc) is 2.69. The van der Waals surface area contributed by atoms with Gasteiger partial charge < -0.3 is 10.1 Å². The standard InChI is InChI=1S/C19H14ClF3N4O2/c20-12-1-6-17(16(11-12)19(21,22)23)25-18(28)27-26-13-2-4-14(5-3-13)29-15-7-9-24-10-8-15/h1-11,26H,(H2,25,27,28). The number of carbonyl (C=O) groups is 1. The molecule has 29 heavy (non-hydrogen) atoms. The third kappa shape index (κ3) is 5.76. The van der Waals surface area contributed by atoms with Crippen LogP contribution in [0.15, 0.2) is 67.0 Å². The lowest BCUT2D eigenvalue weighted by Gasteiger charge is -2.15. The van der Waals surface area contributed by atoms with Crippen molar-refractivity contribution in [3.8, 4) is 11.5 Å². The molecule has 3 rings (SSSR count). The number of nitrogens with one attached hydrogen (secondary N) is 3. The monoisotopic (exact) mass is 422 g/mol. The van der Waals surface area contributed by atoms with Gasteiger partial charge in [0.05, 0.1) is 16.9 Å². The SMILES string of the molecule is O=C(NNc1ccc(Oc2ccncc2)cc1)Nc1ccc(Cl)cc1C(F)(F)F.